The molecule has 1 nitrogen and oxygen atoms in total. The van der Waals surface area contributed by atoms with E-state index in [0.29, 0.717) is 0 Å². The van der Waals surface area contributed by atoms with E-state index in [1.54, 1.807) is 0 Å². The van der Waals surface area contributed by atoms with Crippen molar-refractivity contribution >= 4 is 14.1 Å². The Morgan fingerprint density at radius 1 is 1.32 bits per heavy atom. The zero-order chi connectivity index (χ0) is 13.8. The Balaban J connectivity index is 0.00000324. The van der Waals surface area contributed by atoms with Crippen LogP contribution in [-0.4, -0.2) is 8.32 Å². The minimum atomic E-state index is -1.78. The first-order chi connectivity index (χ1) is 8.28. The standard InChI is InChI=1S/C16H25OSi.Cu/c1-7-11-15(14-12-9-8-10-13-14)17-18(5,6)16(2,3)4;/h8-12H,7H2,1-6H3;/q-1;+1/b15-11-;. The summed E-state index contributed by atoms with van der Waals surface area (Å²) in [4.78, 5) is 0. The van der Waals surface area contributed by atoms with E-state index < -0.39 is 8.32 Å². The maximum absolute atomic E-state index is 6.40. The summed E-state index contributed by atoms with van der Waals surface area (Å²) in [6, 6.07) is 11.3. The van der Waals surface area contributed by atoms with Gasteiger partial charge in [0.15, 0.2) is 0 Å². The monoisotopic (exact) mass is 324 g/mol. The van der Waals surface area contributed by atoms with Crippen LogP contribution in [0.5, 0.6) is 0 Å². The van der Waals surface area contributed by atoms with Gasteiger partial charge in [-0.1, -0.05) is 33.8 Å². The molecule has 0 aliphatic rings. The van der Waals surface area contributed by atoms with Crippen LogP contribution in [0.15, 0.2) is 30.3 Å². The summed E-state index contributed by atoms with van der Waals surface area (Å²) in [7, 11) is -1.78. The molecular weight excluding hydrogens is 300 g/mol. The first kappa shape index (κ1) is 18.5. The number of benzene rings is 1. The molecule has 0 saturated heterocycles. The third-order valence-electron chi connectivity index (χ3n) is 3.54. The van der Waals surface area contributed by atoms with Gasteiger partial charge in [-0.05, 0) is 24.6 Å². The van der Waals surface area contributed by atoms with Gasteiger partial charge in [-0.25, -0.2) is 0 Å². The molecule has 3 heteroatoms. The largest absolute Gasteiger partial charge is 1.00 e. The Bertz CT molecular complexity index is 405. The Labute approximate surface area is 130 Å². The molecule has 0 radical (unpaired) electrons. The smallest absolute Gasteiger partial charge is 0.587 e. The van der Waals surface area contributed by atoms with Gasteiger partial charge >= 0.3 is 17.1 Å². The molecule has 0 aliphatic heterocycles. The van der Waals surface area contributed by atoms with E-state index in [4.69, 9.17) is 4.43 Å². The van der Waals surface area contributed by atoms with Gasteiger partial charge in [0.05, 0.1) is 0 Å². The van der Waals surface area contributed by atoms with E-state index in [9.17, 15) is 0 Å². The molecule has 1 aromatic rings. The van der Waals surface area contributed by atoms with Gasteiger partial charge in [0, 0.05) is 5.76 Å². The van der Waals surface area contributed by atoms with Crippen LogP contribution in [0.25, 0.3) is 5.76 Å². The first-order valence-corrected chi connectivity index (χ1v) is 9.55. The minimum absolute atomic E-state index is 0. The third kappa shape index (κ3) is 5.17. The van der Waals surface area contributed by atoms with Crippen LogP contribution in [0.4, 0.5) is 0 Å². The van der Waals surface area contributed by atoms with Crippen LogP contribution in [0.2, 0.25) is 18.1 Å². The van der Waals surface area contributed by atoms with Crippen molar-refractivity contribution in [1.82, 2.24) is 0 Å². The second kappa shape index (κ2) is 7.32. The predicted octanol–water partition coefficient (Wildman–Crippen LogP) is 5.26. The van der Waals surface area contributed by atoms with Crippen molar-refractivity contribution in [3.63, 3.8) is 0 Å². The second-order valence-corrected chi connectivity index (χ2v) is 10.8. The van der Waals surface area contributed by atoms with Crippen LogP contribution >= 0.6 is 0 Å². The van der Waals surface area contributed by atoms with E-state index in [1.165, 1.54) is 0 Å². The molecule has 0 heterocycles. The summed E-state index contributed by atoms with van der Waals surface area (Å²) in [5, 5.41) is 0.217. The molecule has 1 rings (SSSR count). The van der Waals surface area contributed by atoms with Crippen molar-refractivity contribution in [3.05, 3.63) is 42.0 Å². The van der Waals surface area contributed by atoms with E-state index in [2.05, 4.69) is 59.0 Å². The van der Waals surface area contributed by atoms with E-state index in [0.717, 1.165) is 17.7 Å². The Morgan fingerprint density at radius 2 is 1.95 bits per heavy atom. The molecule has 0 bridgehead atoms. The average molecular weight is 325 g/mol. The number of allylic oxidation sites excluding steroid dienone is 1. The Hall–Kier alpha value is -0.504. The van der Waals surface area contributed by atoms with Crippen LogP contribution < -0.4 is 0 Å². The van der Waals surface area contributed by atoms with E-state index >= 15 is 0 Å². The predicted molar refractivity (Wildman–Crippen MR) is 81.8 cm³/mol. The quantitative estimate of drug-likeness (QED) is 0.417. The van der Waals surface area contributed by atoms with Gasteiger partial charge in [0.25, 0.3) is 0 Å². The number of hydrogen-bond donors (Lipinski definition) is 0. The molecule has 0 atom stereocenters. The fourth-order valence-corrected chi connectivity index (χ4v) is 2.42. The van der Waals surface area contributed by atoms with Crippen LogP contribution in [0.1, 0.15) is 39.7 Å². The molecule has 0 N–H and O–H groups in total. The second-order valence-electron chi connectivity index (χ2n) is 6.12. The summed E-state index contributed by atoms with van der Waals surface area (Å²) >= 11 is 0. The Kier molecular flexibility index (Phi) is 7.13. The van der Waals surface area contributed by atoms with E-state index in [-0.39, 0.29) is 22.1 Å². The van der Waals surface area contributed by atoms with Crippen LogP contribution in [0, 0.1) is 6.07 Å². The average Bonchev–Trinajstić information content (AvgIpc) is 2.28. The molecule has 0 saturated carbocycles. The number of hydrogen-bond acceptors (Lipinski definition) is 1. The molecule has 0 aromatic heterocycles. The van der Waals surface area contributed by atoms with Crippen molar-refractivity contribution in [1.29, 1.82) is 0 Å². The van der Waals surface area contributed by atoms with Crippen molar-refractivity contribution in [2.75, 3.05) is 0 Å². The molecule has 0 amide bonds. The molecule has 110 valence electrons. The van der Waals surface area contributed by atoms with Gasteiger partial charge < -0.3 is 4.43 Å². The summed E-state index contributed by atoms with van der Waals surface area (Å²) in [6.45, 7) is 13.5. The van der Waals surface area contributed by atoms with Crippen molar-refractivity contribution in [2.24, 2.45) is 0 Å². The van der Waals surface area contributed by atoms with Crippen molar-refractivity contribution in [2.45, 2.75) is 52.2 Å². The summed E-state index contributed by atoms with van der Waals surface area (Å²) in [5.41, 5.74) is 1.06. The SMILES string of the molecule is CC/C=C(\O[Si](C)(C)C(C)(C)C)c1[c-]cccc1.[Cu+]. The van der Waals surface area contributed by atoms with Crippen LogP contribution in [0.3, 0.4) is 0 Å². The maximum Gasteiger partial charge on any atom is 1.00 e. The third-order valence-corrected chi connectivity index (χ3v) is 7.88. The summed E-state index contributed by atoms with van der Waals surface area (Å²) in [6.07, 6.45) is 3.14. The topological polar surface area (TPSA) is 9.23 Å². The van der Waals surface area contributed by atoms with Crippen LogP contribution in [-0.2, 0) is 21.5 Å². The molecule has 0 fully saturated rings. The normalized spacial score (nSPS) is 12.8. The van der Waals surface area contributed by atoms with Gasteiger partial charge in [-0.2, -0.15) is 0 Å². The van der Waals surface area contributed by atoms with Gasteiger partial charge in [-0.3, -0.25) is 0 Å². The van der Waals surface area contributed by atoms with Gasteiger partial charge in [-0.15, -0.1) is 35.9 Å². The number of rotatable bonds is 4. The maximum atomic E-state index is 6.40. The summed E-state index contributed by atoms with van der Waals surface area (Å²) < 4.78 is 6.40. The summed E-state index contributed by atoms with van der Waals surface area (Å²) in [5.74, 6) is 0.990. The van der Waals surface area contributed by atoms with E-state index in [1.807, 2.05) is 18.2 Å². The zero-order valence-corrected chi connectivity index (χ0v) is 14.7. The minimum Gasteiger partial charge on any atom is -0.587 e. The van der Waals surface area contributed by atoms with Gasteiger partial charge in [0.1, 0.15) is 0 Å². The van der Waals surface area contributed by atoms with Crippen molar-refractivity contribution < 1.29 is 21.5 Å². The molecule has 1 aromatic carbocycles. The molecule has 0 spiro atoms. The molecule has 0 aliphatic carbocycles. The fraction of sp³-hybridized carbons (Fsp3) is 0.500. The fourth-order valence-electron chi connectivity index (χ4n) is 1.37. The van der Waals surface area contributed by atoms with Gasteiger partial charge in [0.2, 0.25) is 8.32 Å². The van der Waals surface area contributed by atoms with Crippen molar-refractivity contribution in [3.8, 4) is 0 Å². The zero-order valence-electron chi connectivity index (χ0n) is 12.8. The Morgan fingerprint density at radius 3 is 2.37 bits per heavy atom. The first-order valence-electron chi connectivity index (χ1n) is 6.64. The molecule has 0 unspecified atom stereocenters. The molecular formula is C16H25CuOSi. The molecule has 19 heavy (non-hydrogen) atoms.